The molecule has 0 aliphatic rings. The van der Waals surface area contributed by atoms with E-state index >= 15 is 0 Å². The largest absolute Gasteiger partial charge is 0.385 e. The van der Waals surface area contributed by atoms with Gasteiger partial charge in [0, 0.05) is 24.2 Å². The summed E-state index contributed by atoms with van der Waals surface area (Å²) in [6, 6.07) is 7.72. The quantitative estimate of drug-likeness (QED) is 0.746. The first-order valence-corrected chi connectivity index (χ1v) is 5.00. The standard InChI is InChI=1S/C12H14N2O/c1-2-14-12-8-10(4-3-7-13)5-6-11(12)9-15/h5-6,8-9,14H,2-4H2,1H3. The third-order valence-electron chi connectivity index (χ3n) is 2.14. The molecular formula is C12H14N2O. The van der Waals surface area contributed by atoms with Crippen molar-refractivity contribution in [2.75, 3.05) is 11.9 Å². The second kappa shape index (κ2) is 5.82. The van der Waals surface area contributed by atoms with Crippen LogP contribution in [0.15, 0.2) is 18.2 Å². The minimum atomic E-state index is 0.506. The summed E-state index contributed by atoms with van der Waals surface area (Å²) in [5.74, 6) is 0. The van der Waals surface area contributed by atoms with Crippen molar-refractivity contribution in [3.63, 3.8) is 0 Å². The number of carbonyl (C=O) groups is 1. The van der Waals surface area contributed by atoms with Gasteiger partial charge < -0.3 is 5.32 Å². The van der Waals surface area contributed by atoms with Crippen LogP contribution in [0.4, 0.5) is 5.69 Å². The third-order valence-corrected chi connectivity index (χ3v) is 2.14. The molecule has 0 amide bonds. The smallest absolute Gasteiger partial charge is 0.152 e. The molecule has 0 fully saturated rings. The van der Waals surface area contributed by atoms with Crippen LogP contribution >= 0.6 is 0 Å². The minimum Gasteiger partial charge on any atom is -0.385 e. The first kappa shape index (κ1) is 11.3. The topological polar surface area (TPSA) is 52.9 Å². The number of carbonyl (C=O) groups excluding carboxylic acids is 1. The van der Waals surface area contributed by atoms with E-state index in [1.807, 2.05) is 19.1 Å². The van der Waals surface area contributed by atoms with Crippen molar-refractivity contribution in [1.82, 2.24) is 0 Å². The molecule has 0 spiro atoms. The molecule has 1 rings (SSSR count). The molecule has 0 radical (unpaired) electrons. The predicted molar refractivity (Wildman–Crippen MR) is 59.9 cm³/mol. The maximum Gasteiger partial charge on any atom is 0.152 e. The SMILES string of the molecule is CCNc1cc(CCC#N)ccc1C=O. The highest BCUT2D eigenvalue weighted by atomic mass is 16.1. The highest BCUT2D eigenvalue weighted by Crippen LogP contribution is 2.17. The number of nitrogens with zero attached hydrogens (tertiary/aromatic N) is 1. The van der Waals surface area contributed by atoms with E-state index < -0.39 is 0 Å². The van der Waals surface area contributed by atoms with E-state index in [1.165, 1.54) is 0 Å². The fraction of sp³-hybridized carbons (Fsp3) is 0.333. The lowest BCUT2D eigenvalue weighted by Gasteiger charge is -2.08. The van der Waals surface area contributed by atoms with Gasteiger partial charge in [0.05, 0.1) is 6.07 Å². The van der Waals surface area contributed by atoms with E-state index in [4.69, 9.17) is 5.26 Å². The maximum absolute atomic E-state index is 10.7. The Hall–Kier alpha value is -1.82. The zero-order valence-electron chi connectivity index (χ0n) is 8.79. The molecule has 1 aromatic carbocycles. The molecule has 0 saturated heterocycles. The summed E-state index contributed by atoms with van der Waals surface area (Å²) in [6.45, 7) is 2.76. The number of benzene rings is 1. The molecule has 3 heteroatoms. The van der Waals surface area contributed by atoms with Crippen LogP contribution < -0.4 is 5.32 Å². The Kier molecular flexibility index (Phi) is 4.36. The summed E-state index contributed by atoms with van der Waals surface area (Å²) in [6.07, 6.45) is 2.08. The van der Waals surface area contributed by atoms with Gasteiger partial charge in [-0.05, 0) is 31.0 Å². The molecular weight excluding hydrogens is 188 g/mol. The van der Waals surface area contributed by atoms with Gasteiger partial charge in [-0.1, -0.05) is 6.07 Å². The Morgan fingerprint density at radius 3 is 2.93 bits per heavy atom. The van der Waals surface area contributed by atoms with E-state index in [-0.39, 0.29) is 0 Å². The average Bonchev–Trinajstić information content (AvgIpc) is 2.27. The van der Waals surface area contributed by atoms with Crippen molar-refractivity contribution in [3.05, 3.63) is 29.3 Å². The monoisotopic (exact) mass is 202 g/mol. The van der Waals surface area contributed by atoms with Crippen molar-refractivity contribution >= 4 is 12.0 Å². The summed E-state index contributed by atoms with van der Waals surface area (Å²) in [4.78, 5) is 10.7. The van der Waals surface area contributed by atoms with Gasteiger partial charge in [0.2, 0.25) is 0 Å². The maximum atomic E-state index is 10.7. The highest BCUT2D eigenvalue weighted by molar-refractivity contribution is 5.84. The molecule has 1 N–H and O–H groups in total. The number of hydrogen-bond donors (Lipinski definition) is 1. The van der Waals surface area contributed by atoms with Gasteiger partial charge in [0.1, 0.15) is 0 Å². The first-order valence-electron chi connectivity index (χ1n) is 5.00. The summed E-state index contributed by atoms with van der Waals surface area (Å²) in [5.41, 5.74) is 2.60. The fourth-order valence-corrected chi connectivity index (χ4v) is 1.41. The molecule has 0 atom stereocenters. The second-order valence-corrected chi connectivity index (χ2v) is 3.23. The molecule has 0 aliphatic heterocycles. The van der Waals surface area contributed by atoms with E-state index in [0.29, 0.717) is 12.0 Å². The van der Waals surface area contributed by atoms with E-state index in [2.05, 4.69) is 11.4 Å². The van der Waals surface area contributed by atoms with Gasteiger partial charge in [-0.15, -0.1) is 0 Å². The lowest BCUT2D eigenvalue weighted by molar-refractivity contribution is 0.112. The lowest BCUT2D eigenvalue weighted by atomic mass is 10.1. The third kappa shape index (κ3) is 3.10. The summed E-state index contributed by atoms with van der Waals surface area (Å²) >= 11 is 0. The van der Waals surface area contributed by atoms with Gasteiger partial charge in [-0.2, -0.15) is 5.26 Å². The molecule has 0 bridgehead atoms. The van der Waals surface area contributed by atoms with Gasteiger partial charge in [0.15, 0.2) is 6.29 Å². The minimum absolute atomic E-state index is 0.506. The van der Waals surface area contributed by atoms with Gasteiger partial charge in [-0.3, -0.25) is 4.79 Å². The van der Waals surface area contributed by atoms with Crippen LogP contribution in [-0.2, 0) is 6.42 Å². The number of hydrogen-bond acceptors (Lipinski definition) is 3. The van der Waals surface area contributed by atoms with Crippen LogP contribution in [-0.4, -0.2) is 12.8 Å². The number of aldehydes is 1. The van der Waals surface area contributed by atoms with Crippen molar-refractivity contribution in [2.24, 2.45) is 0 Å². The zero-order valence-corrected chi connectivity index (χ0v) is 8.79. The van der Waals surface area contributed by atoms with E-state index in [0.717, 1.165) is 30.5 Å². The highest BCUT2D eigenvalue weighted by Gasteiger charge is 2.01. The van der Waals surface area contributed by atoms with E-state index in [9.17, 15) is 4.79 Å². The average molecular weight is 202 g/mol. The van der Waals surface area contributed by atoms with Crippen LogP contribution in [0.3, 0.4) is 0 Å². The molecule has 3 nitrogen and oxygen atoms in total. The number of aryl methyl sites for hydroxylation is 1. The predicted octanol–water partition coefficient (Wildman–Crippen LogP) is 2.39. The van der Waals surface area contributed by atoms with Gasteiger partial charge in [-0.25, -0.2) is 0 Å². The number of nitriles is 1. The van der Waals surface area contributed by atoms with Gasteiger partial charge in [0.25, 0.3) is 0 Å². The Labute approximate surface area is 89.7 Å². The molecule has 0 aliphatic carbocycles. The number of nitrogens with one attached hydrogen (secondary N) is 1. The molecule has 0 heterocycles. The van der Waals surface area contributed by atoms with Gasteiger partial charge >= 0.3 is 0 Å². The van der Waals surface area contributed by atoms with Crippen LogP contribution in [0, 0.1) is 11.3 Å². The van der Waals surface area contributed by atoms with Crippen LogP contribution in [0.25, 0.3) is 0 Å². The van der Waals surface area contributed by atoms with Crippen molar-refractivity contribution in [2.45, 2.75) is 19.8 Å². The van der Waals surface area contributed by atoms with Crippen molar-refractivity contribution < 1.29 is 4.79 Å². The molecule has 15 heavy (non-hydrogen) atoms. The Bertz CT molecular complexity index is 380. The molecule has 1 aromatic rings. The van der Waals surface area contributed by atoms with Crippen molar-refractivity contribution in [3.8, 4) is 6.07 Å². The molecule has 0 saturated carbocycles. The molecule has 0 unspecified atom stereocenters. The number of rotatable bonds is 5. The number of anilines is 1. The second-order valence-electron chi connectivity index (χ2n) is 3.23. The summed E-state index contributed by atoms with van der Waals surface area (Å²) in [7, 11) is 0. The Morgan fingerprint density at radius 2 is 2.33 bits per heavy atom. The van der Waals surface area contributed by atoms with E-state index in [1.54, 1.807) is 6.07 Å². The van der Waals surface area contributed by atoms with Crippen LogP contribution in [0.1, 0.15) is 29.3 Å². The van der Waals surface area contributed by atoms with Crippen LogP contribution in [0.5, 0.6) is 0 Å². The molecule has 0 aromatic heterocycles. The molecule has 78 valence electrons. The Morgan fingerprint density at radius 1 is 1.53 bits per heavy atom. The first-order chi connectivity index (χ1) is 7.31. The fourth-order valence-electron chi connectivity index (χ4n) is 1.41. The van der Waals surface area contributed by atoms with Crippen LogP contribution in [0.2, 0.25) is 0 Å². The normalized spacial score (nSPS) is 9.33. The van der Waals surface area contributed by atoms with Crippen molar-refractivity contribution in [1.29, 1.82) is 5.26 Å². The summed E-state index contributed by atoms with van der Waals surface area (Å²) in [5, 5.41) is 11.6. The summed E-state index contributed by atoms with van der Waals surface area (Å²) < 4.78 is 0. The lowest BCUT2D eigenvalue weighted by Crippen LogP contribution is -2.01. The Balaban J connectivity index is 2.89. The zero-order chi connectivity index (χ0) is 11.1.